The molecule has 0 aliphatic rings. The van der Waals surface area contributed by atoms with Gasteiger partial charge in [-0.1, -0.05) is 0 Å². The standard InChI is InChI=1S/C10H8BrNOSe/c1-6(13)12-9-7-4-2-3-5-8(7)14-10(9)11/h2-5H,1H3,(H,12,13). The average molecular weight is 317 g/mol. The summed E-state index contributed by atoms with van der Waals surface area (Å²) in [5.41, 5.74) is 0.938. The van der Waals surface area contributed by atoms with Crippen LogP contribution >= 0.6 is 15.9 Å². The van der Waals surface area contributed by atoms with E-state index in [1.165, 1.54) is 11.2 Å². The summed E-state index contributed by atoms with van der Waals surface area (Å²) < 4.78 is 2.43. The van der Waals surface area contributed by atoms with E-state index in [-0.39, 0.29) is 5.91 Å². The van der Waals surface area contributed by atoms with Crippen LogP contribution in [0.3, 0.4) is 0 Å². The van der Waals surface area contributed by atoms with Crippen LogP contribution in [0.2, 0.25) is 0 Å². The first-order valence-electron chi connectivity index (χ1n) is 4.13. The molecule has 0 fully saturated rings. The molecule has 1 heterocycles. The van der Waals surface area contributed by atoms with E-state index in [4.69, 9.17) is 0 Å². The molecular formula is C10H8BrNOSe. The van der Waals surface area contributed by atoms with Gasteiger partial charge in [0.2, 0.25) is 0 Å². The van der Waals surface area contributed by atoms with Gasteiger partial charge in [-0.3, -0.25) is 0 Å². The number of nitrogens with one attached hydrogen (secondary N) is 1. The number of halogens is 1. The number of fused-ring (bicyclic) bond motifs is 1. The minimum absolute atomic E-state index is 0.0237. The summed E-state index contributed by atoms with van der Waals surface area (Å²) in [5.74, 6) is -0.0237. The summed E-state index contributed by atoms with van der Waals surface area (Å²) >= 11 is 3.81. The Labute approximate surface area is 96.2 Å². The molecule has 4 heteroatoms. The van der Waals surface area contributed by atoms with Crippen LogP contribution in [0.1, 0.15) is 6.92 Å². The molecule has 1 amide bonds. The predicted molar refractivity (Wildman–Crippen MR) is 62.9 cm³/mol. The molecule has 1 aromatic heterocycles. The van der Waals surface area contributed by atoms with Crippen LogP contribution in [0, 0.1) is 0 Å². The van der Waals surface area contributed by atoms with E-state index in [9.17, 15) is 4.79 Å². The van der Waals surface area contributed by atoms with E-state index in [1.807, 2.05) is 18.2 Å². The van der Waals surface area contributed by atoms with Gasteiger partial charge >= 0.3 is 96.3 Å². The van der Waals surface area contributed by atoms with Crippen LogP contribution in [-0.2, 0) is 4.79 Å². The van der Waals surface area contributed by atoms with Crippen molar-refractivity contribution in [3.8, 4) is 0 Å². The summed E-state index contributed by atoms with van der Waals surface area (Å²) in [6, 6.07) is 8.15. The van der Waals surface area contributed by atoms with Crippen LogP contribution < -0.4 is 5.32 Å². The second kappa shape index (κ2) is 3.89. The summed E-state index contributed by atoms with van der Waals surface area (Å²) in [4.78, 5) is 11.0. The van der Waals surface area contributed by atoms with Crippen LogP contribution in [0.5, 0.6) is 0 Å². The zero-order chi connectivity index (χ0) is 10.1. The normalized spacial score (nSPS) is 10.4. The van der Waals surface area contributed by atoms with Crippen molar-refractivity contribution in [2.45, 2.75) is 6.92 Å². The van der Waals surface area contributed by atoms with Gasteiger partial charge in [-0.2, -0.15) is 0 Å². The molecule has 0 saturated heterocycles. The number of carbonyl (C=O) groups excluding carboxylic acids is 1. The van der Waals surface area contributed by atoms with Crippen LogP contribution in [0.25, 0.3) is 9.65 Å². The van der Waals surface area contributed by atoms with Gasteiger partial charge in [0.1, 0.15) is 0 Å². The van der Waals surface area contributed by atoms with Gasteiger partial charge in [-0.15, -0.1) is 0 Å². The molecule has 0 radical (unpaired) electrons. The van der Waals surface area contributed by atoms with Gasteiger partial charge in [0.15, 0.2) is 0 Å². The topological polar surface area (TPSA) is 29.1 Å². The fourth-order valence-corrected chi connectivity index (χ4v) is 4.38. The number of amides is 1. The first-order valence-corrected chi connectivity index (χ1v) is 6.63. The fourth-order valence-electron chi connectivity index (χ4n) is 1.31. The van der Waals surface area contributed by atoms with Crippen molar-refractivity contribution in [2.75, 3.05) is 5.32 Å². The SMILES string of the molecule is CC(=O)Nc1c(Br)[se]c2ccccc12. The molecule has 0 aliphatic heterocycles. The van der Waals surface area contributed by atoms with Crippen molar-refractivity contribution in [1.29, 1.82) is 0 Å². The Morgan fingerprint density at radius 3 is 2.86 bits per heavy atom. The Kier molecular flexibility index (Phi) is 2.77. The Hall–Kier alpha value is -0.571. The molecule has 0 bridgehead atoms. The van der Waals surface area contributed by atoms with Crippen molar-refractivity contribution in [2.24, 2.45) is 0 Å². The van der Waals surface area contributed by atoms with Crippen molar-refractivity contribution in [3.05, 3.63) is 27.6 Å². The first-order chi connectivity index (χ1) is 6.68. The van der Waals surface area contributed by atoms with Crippen LogP contribution in [-0.4, -0.2) is 20.4 Å². The molecular weight excluding hydrogens is 309 g/mol. The summed E-state index contributed by atoms with van der Waals surface area (Å²) in [6.45, 7) is 1.53. The fraction of sp³-hybridized carbons (Fsp3) is 0.100. The molecule has 0 unspecified atom stereocenters. The number of rotatable bonds is 1. The van der Waals surface area contributed by atoms with E-state index in [1.54, 1.807) is 0 Å². The maximum absolute atomic E-state index is 11.0. The maximum atomic E-state index is 11.0. The van der Waals surface area contributed by atoms with Crippen molar-refractivity contribution < 1.29 is 4.79 Å². The Bertz CT molecular complexity index is 492. The summed E-state index contributed by atoms with van der Waals surface area (Å²) in [5, 5.41) is 4.00. The third-order valence-corrected chi connectivity index (χ3v) is 5.10. The zero-order valence-electron chi connectivity index (χ0n) is 7.50. The van der Waals surface area contributed by atoms with Crippen LogP contribution in [0.4, 0.5) is 5.69 Å². The zero-order valence-corrected chi connectivity index (χ0v) is 10.8. The molecule has 14 heavy (non-hydrogen) atoms. The van der Waals surface area contributed by atoms with Gasteiger partial charge in [-0.25, -0.2) is 0 Å². The summed E-state index contributed by atoms with van der Waals surface area (Å²) in [6.07, 6.45) is 0. The van der Waals surface area contributed by atoms with E-state index >= 15 is 0 Å². The second-order valence-electron chi connectivity index (χ2n) is 2.93. The predicted octanol–water partition coefficient (Wildman–Crippen LogP) is 2.62. The average Bonchev–Trinajstić information content (AvgIpc) is 2.43. The van der Waals surface area contributed by atoms with E-state index in [2.05, 4.69) is 27.3 Å². The number of anilines is 1. The number of hydrogen-bond donors (Lipinski definition) is 1. The van der Waals surface area contributed by atoms with Gasteiger partial charge < -0.3 is 0 Å². The van der Waals surface area contributed by atoms with E-state index in [0.29, 0.717) is 14.5 Å². The summed E-state index contributed by atoms with van der Waals surface area (Å²) in [7, 11) is 0. The minimum atomic E-state index is -0.0237. The van der Waals surface area contributed by atoms with Crippen molar-refractivity contribution in [3.63, 3.8) is 0 Å². The molecule has 0 saturated carbocycles. The number of carbonyl (C=O) groups is 1. The second-order valence-corrected chi connectivity index (χ2v) is 7.11. The molecule has 0 atom stereocenters. The molecule has 0 aliphatic carbocycles. The monoisotopic (exact) mass is 317 g/mol. The van der Waals surface area contributed by atoms with E-state index < -0.39 is 0 Å². The Morgan fingerprint density at radius 2 is 2.14 bits per heavy atom. The molecule has 0 spiro atoms. The molecule has 2 rings (SSSR count). The van der Waals surface area contributed by atoms with Gasteiger partial charge in [0.05, 0.1) is 0 Å². The van der Waals surface area contributed by atoms with Gasteiger partial charge in [-0.05, 0) is 0 Å². The molecule has 2 nitrogen and oxygen atoms in total. The van der Waals surface area contributed by atoms with E-state index in [0.717, 1.165) is 14.4 Å². The van der Waals surface area contributed by atoms with Crippen molar-refractivity contribution >= 4 is 51.7 Å². The van der Waals surface area contributed by atoms with Gasteiger partial charge in [0.25, 0.3) is 0 Å². The third kappa shape index (κ3) is 1.78. The third-order valence-electron chi connectivity index (χ3n) is 1.85. The Morgan fingerprint density at radius 1 is 1.43 bits per heavy atom. The molecule has 1 N–H and O–H groups in total. The molecule has 72 valence electrons. The number of hydrogen-bond acceptors (Lipinski definition) is 1. The first kappa shape index (κ1) is 9.96. The number of benzene rings is 1. The molecule has 2 aromatic rings. The van der Waals surface area contributed by atoms with Crippen LogP contribution in [0.15, 0.2) is 27.6 Å². The Balaban J connectivity index is 2.62. The van der Waals surface area contributed by atoms with Crippen molar-refractivity contribution in [1.82, 2.24) is 0 Å². The van der Waals surface area contributed by atoms with Gasteiger partial charge in [0, 0.05) is 0 Å². The quantitative estimate of drug-likeness (QED) is 0.805. The molecule has 1 aromatic carbocycles.